The first kappa shape index (κ1) is 19.9. The van der Waals surface area contributed by atoms with Crippen LogP contribution in [-0.4, -0.2) is 50.3 Å². The maximum Gasteiger partial charge on any atom is 0.193 e. The minimum Gasteiger partial charge on any atom is -0.381 e. The molecular formula is C21H32IN3O. The number of nitrogens with zero attached hydrogens (tertiary/aromatic N) is 2. The molecule has 1 spiro atoms. The Kier molecular flexibility index (Phi) is 6.49. The van der Waals surface area contributed by atoms with Gasteiger partial charge in [-0.2, -0.15) is 0 Å². The Hall–Kier alpha value is -0.820. The summed E-state index contributed by atoms with van der Waals surface area (Å²) in [6.07, 6.45) is 6.29. The number of rotatable bonds is 4. The third-order valence-electron chi connectivity index (χ3n) is 6.49. The van der Waals surface area contributed by atoms with E-state index < -0.39 is 0 Å². The Bertz CT molecular complexity index is 609. The van der Waals surface area contributed by atoms with Crippen molar-refractivity contribution >= 4 is 29.9 Å². The van der Waals surface area contributed by atoms with Crippen LogP contribution in [0.25, 0.3) is 0 Å². The second-order valence-electron chi connectivity index (χ2n) is 8.14. The Morgan fingerprint density at radius 2 is 2.00 bits per heavy atom. The second kappa shape index (κ2) is 8.46. The fourth-order valence-corrected chi connectivity index (χ4v) is 4.67. The lowest BCUT2D eigenvalue weighted by Gasteiger charge is -2.41. The van der Waals surface area contributed by atoms with Crippen LogP contribution in [0.3, 0.4) is 0 Å². The van der Waals surface area contributed by atoms with Gasteiger partial charge in [0.05, 0.1) is 13.2 Å². The fraction of sp³-hybridized carbons (Fsp3) is 0.667. The number of halogens is 1. The van der Waals surface area contributed by atoms with Gasteiger partial charge in [0, 0.05) is 37.1 Å². The van der Waals surface area contributed by atoms with Gasteiger partial charge in [-0.25, -0.2) is 0 Å². The second-order valence-corrected chi connectivity index (χ2v) is 8.14. The van der Waals surface area contributed by atoms with Crippen molar-refractivity contribution in [2.24, 2.45) is 10.4 Å². The molecule has 2 saturated heterocycles. The van der Waals surface area contributed by atoms with Gasteiger partial charge in [0.1, 0.15) is 0 Å². The highest BCUT2D eigenvalue weighted by molar-refractivity contribution is 14.0. The number of hydrogen-bond acceptors (Lipinski definition) is 2. The van der Waals surface area contributed by atoms with E-state index in [0.717, 1.165) is 45.4 Å². The van der Waals surface area contributed by atoms with Crippen molar-refractivity contribution < 1.29 is 4.74 Å². The number of aliphatic imine (C=N–C) groups is 1. The van der Waals surface area contributed by atoms with E-state index in [2.05, 4.69) is 47.5 Å². The molecule has 1 aromatic carbocycles. The summed E-state index contributed by atoms with van der Waals surface area (Å²) < 4.78 is 5.68. The van der Waals surface area contributed by atoms with Gasteiger partial charge in [-0.3, -0.25) is 4.99 Å². The predicted molar refractivity (Wildman–Crippen MR) is 117 cm³/mol. The summed E-state index contributed by atoms with van der Waals surface area (Å²) in [5.74, 6) is 1.11. The van der Waals surface area contributed by atoms with Gasteiger partial charge < -0.3 is 15.0 Å². The number of hydrogen-bond donors (Lipinski definition) is 1. The molecule has 26 heavy (non-hydrogen) atoms. The van der Waals surface area contributed by atoms with Gasteiger partial charge in [-0.05, 0) is 38.2 Å². The summed E-state index contributed by atoms with van der Waals surface area (Å²) in [5, 5.41) is 3.54. The molecule has 0 amide bonds. The van der Waals surface area contributed by atoms with Crippen LogP contribution in [0.2, 0.25) is 0 Å². The molecule has 1 aromatic rings. The molecule has 144 valence electrons. The van der Waals surface area contributed by atoms with Gasteiger partial charge >= 0.3 is 0 Å². The van der Waals surface area contributed by atoms with Crippen LogP contribution in [-0.2, 0) is 10.2 Å². The molecule has 3 aliphatic rings. The Morgan fingerprint density at radius 1 is 1.19 bits per heavy atom. The maximum absolute atomic E-state index is 5.68. The average Bonchev–Trinajstić information content (AvgIpc) is 3.24. The molecule has 1 aliphatic carbocycles. The number of benzene rings is 1. The fourth-order valence-electron chi connectivity index (χ4n) is 4.67. The number of guanidine groups is 1. The van der Waals surface area contributed by atoms with Crippen LogP contribution in [0.1, 0.15) is 44.6 Å². The lowest BCUT2D eigenvalue weighted by molar-refractivity contribution is 0.156. The quantitative estimate of drug-likeness (QED) is 0.414. The van der Waals surface area contributed by atoms with E-state index in [1.54, 1.807) is 0 Å². The van der Waals surface area contributed by atoms with Gasteiger partial charge in [-0.15, -0.1) is 24.0 Å². The smallest absolute Gasteiger partial charge is 0.193 e. The van der Waals surface area contributed by atoms with E-state index in [-0.39, 0.29) is 29.4 Å². The molecule has 0 aromatic heterocycles. The number of ether oxygens (including phenoxy) is 1. The molecule has 5 heteroatoms. The van der Waals surface area contributed by atoms with Gasteiger partial charge in [-0.1, -0.05) is 36.8 Å². The Balaban J connectivity index is 0.00000196. The standard InChI is InChI=1S/C21H31N3O.HI/c1-2-22-19(24-13-11-20(16-24)12-14-25-17-20)23-15-21(9-6-10-21)18-7-4-3-5-8-18;/h3-5,7-8H,2,6,9-17H2,1H3,(H,22,23);1H. The highest BCUT2D eigenvalue weighted by atomic mass is 127. The molecule has 1 N–H and O–H groups in total. The molecule has 2 heterocycles. The molecule has 1 atom stereocenters. The molecule has 4 nitrogen and oxygen atoms in total. The predicted octanol–water partition coefficient (Wildman–Crippen LogP) is 3.80. The normalized spacial score (nSPS) is 27.3. The van der Waals surface area contributed by atoms with Crippen molar-refractivity contribution in [1.29, 1.82) is 0 Å². The lowest BCUT2D eigenvalue weighted by atomic mass is 9.64. The Labute approximate surface area is 174 Å². The monoisotopic (exact) mass is 469 g/mol. The highest BCUT2D eigenvalue weighted by Crippen LogP contribution is 2.44. The SMILES string of the molecule is CCNC(=NCC1(c2ccccc2)CCC1)N1CCC2(CCOC2)C1.I. The summed E-state index contributed by atoms with van der Waals surface area (Å²) in [6, 6.07) is 11.0. The maximum atomic E-state index is 5.68. The van der Waals surface area contributed by atoms with Crippen molar-refractivity contribution in [3.63, 3.8) is 0 Å². The van der Waals surface area contributed by atoms with Crippen molar-refractivity contribution in [2.75, 3.05) is 39.4 Å². The molecule has 2 aliphatic heterocycles. The number of likely N-dealkylation sites (tertiary alicyclic amines) is 1. The first-order valence-electron chi connectivity index (χ1n) is 9.92. The molecule has 0 radical (unpaired) electrons. The van der Waals surface area contributed by atoms with E-state index >= 15 is 0 Å². The summed E-state index contributed by atoms with van der Waals surface area (Å²) in [6.45, 7) is 8.05. The summed E-state index contributed by atoms with van der Waals surface area (Å²) in [4.78, 5) is 7.58. The van der Waals surface area contributed by atoms with Crippen molar-refractivity contribution in [1.82, 2.24) is 10.2 Å². The van der Waals surface area contributed by atoms with E-state index in [9.17, 15) is 0 Å². The molecular weight excluding hydrogens is 437 g/mol. The van der Waals surface area contributed by atoms with E-state index in [1.165, 1.54) is 37.7 Å². The summed E-state index contributed by atoms with van der Waals surface area (Å²) >= 11 is 0. The zero-order valence-corrected chi connectivity index (χ0v) is 18.2. The molecule has 3 fully saturated rings. The van der Waals surface area contributed by atoms with E-state index in [0.29, 0.717) is 5.41 Å². The zero-order valence-electron chi connectivity index (χ0n) is 15.9. The van der Waals surface area contributed by atoms with Crippen LogP contribution < -0.4 is 5.32 Å². The largest absolute Gasteiger partial charge is 0.381 e. The molecule has 4 rings (SSSR count). The van der Waals surface area contributed by atoms with E-state index in [4.69, 9.17) is 9.73 Å². The van der Waals surface area contributed by atoms with Gasteiger partial charge in [0.2, 0.25) is 0 Å². The van der Waals surface area contributed by atoms with Crippen molar-refractivity contribution in [2.45, 2.75) is 44.4 Å². The first-order chi connectivity index (χ1) is 12.3. The first-order valence-corrected chi connectivity index (χ1v) is 9.92. The Morgan fingerprint density at radius 3 is 2.62 bits per heavy atom. The van der Waals surface area contributed by atoms with Crippen LogP contribution in [0.4, 0.5) is 0 Å². The third-order valence-corrected chi connectivity index (χ3v) is 6.49. The van der Waals surface area contributed by atoms with Crippen molar-refractivity contribution in [3.8, 4) is 0 Å². The summed E-state index contributed by atoms with van der Waals surface area (Å²) in [7, 11) is 0. The topological polar surface area (TPSA) is 36.9 Å². The molecule has 1 unspecified atom stereocenters. The zero-order chi connectivity index (χ0) is 17.2. The lowest BCUT2D eigenvalue weighted by Crippen LogP contribution is -2.44. The molecule has 0 bridgehead atoms. The average molecular weight is 469 g/mol. The minimum atomic E-state index is 0. The third kappa shape index (κ3) is 3.88. The van der Waals surface area contributed by atoms with Crippen molar-refractivity contribution in [3.05, 3.63) is 35.9 Å². The van der Waals surface area contributed by atoms with Crippen LogP contribution >= 0.6 is 24.0 Å². The molecule has 1 saturated carbocycles. The minimum absolute atomic E-state index is 0. The van der Waals surface area contributed by atoms with Gasteiger partial charge in [0.25, 0.3) is 0 Å². The van der Waals surface area contributed by atoms with E-state index in [1.807, 2.05) is 0 Å². The van der Waals surface area contributed by atoms with Gasteiger partial charge in [0.15, 0.2) is 5.96 Å². The van der Waals surface area contributed by atoms with Crippen LogP contribution in [0.5, 0.6) is 0 Å². The summed E-state index contributed by atoms with van der Waals surface area (Å²) in [5.41, 5.74) is 2.10. The van der Waals surface area contributed by atoms with Crippen LogP contribution in [0, 0.1) is 5.41 Å². The number of nitrogens with one attached hydrogen (secondary N) is 1. The van der Waals surface area contributed by atoms with Crippen LogP contribution in [0.15, 0.2) is 35.3 Å². The highest BCUT2D eigenvalue weighted by Gasteiger charge is 2.43.